The van der Waals surface area contributed by atoms with Crippen molar-refractivity contribution in [1.29, 1.82) is 0 Å². The quantitative estimate of drug-likeness (QED) is 0.797. The summed E-state index contributed by atoms with van der Waals surface area (Å²) >= 11 is 0. The van der Waals surface area contributed by atoms with E-state index < -0.39 is 0 Å². The van der Waals surface area contributed by atoms with Crippen LogP contribution in [-0.2, 0) is 11.3 Å². The van der Waals surface area contributed by atoms with Crippen LogP contribution in [0.3, 0.4) is 0 Å². The zero-order valence-electron chi connectivity index (χ0n) is 17.4. The molecule has 1 N–H and O–H groups in total. The Morgan fingerprint density at radius 2 is 1.57 bits per heavy atom. The van der Waals surface area contributed by atoms with Crippen molar-refractivity contribution >= 4 is 11.8 Å². The molecule has 0 unspecified atom stereocenters. The van der Waals surface area contributed by atoms with Crippen LogP contribution in [0.4, 0.5) is 0 Å². The molecule has 2 aromatic rings. The van der Waals surface area contributed by atoms with Gasteiger partial charge < -0.3 is 19.7 Å². The summed E-state index contributed by atoms with van der Waals surface area (Å²) in [5.41, 5.74) is 4.66. The molecule has 0 saturated heterocycles. The predicted octanol–water partition coefficient (Wildman–Crippen LogP) is 3.02. The third-order valence-corrected chi connectivity index (χ3v) is 4.84. The van der Waals surface area contributed by atoms with E-state index >= 15 is 0 Å². The number of carbonyl (C=O) groups is 2. The number of hydrogen-bond acceptors (Lipinski definition) is 4. The van der Waals surface area contributed by atoms with Gasteiger partial charge in [0.05, 0.1) is 20.8 Å². The molecule has 0 bridgehead atoms. The van der Waals surface area contributed by atoms with Crippen LogP contribution < -0.4 is 14.8 Å². The highest BCUT2D eigenvalue weighted by Crippen LogP contribution is 2.30. The van der Waals surface area contributed by atoms with Gasteiger partial charge in [0.2, 0.25) is 5.91 Å². The maximum absolute atomic E-state index is 12.4. The van der Waals surface area contributed by atoms with Crippen LogP contribution in [0.2, 0.25) is 0 Å². The van der Waals surface area contributed by atoms with Crippen LogP contribution in [0, 0.1) is 20.8 Å². The average Bonchev–Trinajstić information content (AvgIpc) is 2.68. The summed E-state index contributed by atoms with van der Waals surface area (Å²) in [4.78, 5) is 26.3. The van der Waals surface area contributed by atoms with Crippen molar-refractivity contribution in [3.8, 4) is 11.5 Å². The van der Waals surface area contributed by atoms with E-state index in [1.54, 1.807) is 32.2 Å². The van der Waals surface area contributed by atoms with E-state index in [4.69, 9.17) is 9.47 Å². The van der Waals surface area contributed by atoms with E-state index in [9.17, 15) is 9.59 Å². The summed E-state index contributed by atoms with van der Waals surface area (Å²) in [7, 11) is 4.87. The van der Waals surface area contributed by atoms with Crippen molar-refractivity contribution < 1.29 is 19.1 Å². The Labute approximate surface area is 166 Å². The molecule has 150 valence electrons. The number of nitrogens with zero attached hydrogens (tertiary/aromatic N) is 1. The topological polar surface area (TPSA) is 67.9 Å². The van der Waals surface area contributed by atoms with E-state index in [-0.39, 0.29) is 18.4 Å². The molecule has 0 spiro atoms. The number of benzene rings is 2. The van der Waals surface area contributed by atoms with Gasteiger partial charge in [-0.05, 0) is 67.3 Å². The van der Waals surface area contributed by atoms with Gasteiger partial charge in [-0.1, -0.05) is 6.07 Å². The number of carbonyl (C=O) groups excluding carboxylic acids is 2. The first-order chi connectivity index (χ1) is 13.3. The van der Waals surface area contributed by atoms with Crippen LogP contribution in [-0.4, -0.2) is 44.5 Å². The average molecular weight is 384 g/mol. The maximum Gasteiger partial charge on any atom is 0.251 e. The summed E-state index contributed by atoms with van der Waals surface area (Å²) in [5, 5.41) is 2.69. The Morgan fingerprint density at radius 3 is 2.18 bits per heavy atom. The molecule has 0 radical (unpaired) electrons. The standard InChI is InChI=1S/C22H28N2O4/c1-14-7-8-17(9-15(14)2)22(26)23-12-21(25)24(4)13-18-11-20(28-6)19(27-5)10-16(18)3/h7-11H,12-13H2,1-6H3,(H,23,26). The van der Waals surface area contributed by atoms with Crippen molar-refractivity contribution in [2.24, 2.45) is 0 Å². The molecule has 0 aliphatic rings. The number of methoxy groups -OCH3 is 2. The Balaban J connectivity index is 1.99. The van der Waals surface area contributed by atoms with Gasteiger partial charge in [0.1, 0.15) is 0 Å². The second-order valence-corrected chi connectivity index (χ2v) is 6.87. The van der Waals surface area contributed by atoms with Crippen LogP contribution in [0.1, 0.15) is 32.6 Å². The zero-order chi connectivity index (χ0) is 20.8. The lowest BCUT2D eigenvalue weighted by molar-refractivity contribution is -0.129. The van der Waals surface area contributed by atoms with Crippen LogP contribution in [0.25, 0.3) is 0 Å². The fraction of sp³-hybridized carbons (Fsp3) is 0.364. The van der Waals surface area contributed by atoms with Gasteiger partial charge in [0.25, 0.3) is 5.91 Å². The Hall–Kier alpha value is -3.02. The summed E-state index contributed by atoms with van der Waals surface area (Å²) in [6.07, 6.45) is 0. The largest absolute Gasteiger partial charge is 0.493 e. The number of hydrogen-bond donors (Lipinski definition) is 1. The van der Waals surface area contributed by atoms with Gasteiger partial charge in [0.15, 0.2) is 11.5 Å². The third kappa shape index (κ3) is 5.03. The smallest absolute Gasteiger partial charge is 0.251 e. The van der Waals surface area contributed by atoms with Gasteiger partial charge >= 0.3 is 0 Å². The second-order valence-electron chi connectivity index (χ2n) is 6.87. The molecule has 0 aromatic heterocycles. The van der Waals surface area contributed by atoms with Crippen molar-refractivity contribution in [2.45, 2.75) is 27.3 Å². The molecule has 0 fully saturated rings. The Bertz CT molecular complexity index is 877. The zero-order valence-corrected chi connectivity index (χ0v) is 17.4. The summed E-state index contributed by atoms with van der Waals surface area (Å²) < 4.78 is 10.6. The molecule has 0 saturated carbocycles. The van der Waals surface area contributed by atoms with E-state index in [2.05, 4.69) is 5.32 Å². The molecule has 0 heterocycles. The van der Waals surface area contributed by atoms with Gasteiger partial charge in [-0.3, -0.25) is 9.59 Å². The van der Waals surface area contributed by atoms with Crippen molar-refractivity contribution in [1.82, 2.24) is 10.2 Å². The second kappa shape index (κ2) is 9.26. The Kier molecular flexibility index (Phi) is 7.04. The first-order valence-electron chi connectivity index (χ1n) is 9.07. The molecule has 0 atom stereocenters. The Morgan fingerprint density at radius 1 is 0.929 bits per heavy atom. The third-order valence-electron chi connectivity index (χ3n) is 4.84. The van der Waals surface area contributed by atoms with E-state index in [1.165, 1.54) is 0 Å². The van der Waals surface area contributed by atoms with E-state index in [0.717, 1.165) is 22.3 Å². The number of rotatable bonds is 7. The highest BCUT2D eigenvalue weighted by Gasteiger charge is 2.15. The van der Waals surface area contributed by atoms with Gasteiger partial charge in [-0.25, -0.2) is 0 Å². The summed E-state index contributed by atoms with van der Waals surface area (Å²) in [6.45, 7) is 6.25. The lowest BCUT2D eigenvalue weighted by atomic mass is 10.1. The number of nitrogens with one attached hydrogen (secondary N) is 1. The lowest BCUT2D eigenvalue weighted by Gasteiger charge is -2.20. The predicted molar refractivity (Wildman–Crippen MR) is 109 cm³/mol. The fourth-order valence-electron chi connectivity index (χ4n) is 2.81. The SMILES string of the molecule is COc1cc(C)c(CN(C)C(=O)CNC(=O)c2ccc(C)c(C)c2)cc1OC. The van der Waals surface area contributed by atoms with Crippen molar-refractivity contribution in [3.63, 3.8) is 0 Å². The highest BCUT2D eigenvalue weighted by atomic mass is 16.5. The number of aryl methyl sites for hydroxylation is 3. The van der Waals surface area contributed by atoms with Crippen molar-refractivity contribution in [3.05, 3.63) is 58.1 Å². The van der Waals surface area contributed by atoms with Gasteiger partial charge in [-0.2, -0.15) is 0 Å². The van der Waals surface area contributed by atoms with Gasteiger partial charge in [0, 0.05) is 19.2 Å². The molecular formula is C22H28N2O4. The molecule has 0 aliphatic heterocycles. The van der Waals surface area contributed by atoms with E-state index in [0.29, 0.717) is 23.6 Å². The number of amides is 2. The molecule has 28 heavy (non-hydrogen) atoms. The monoisotopic (exact) mass is 384 g/mol. The highest BCUT2D eigenvalue weighted by molar-refractivity contribution is 5.96. The van der Waals surface area contributed by atoms with E-state index in [1.807, 2.05) is 45.0 Å². The lowest BCUT2D eigenvalue weighted by Crippen LogP contribution is -2.38. The summed E-state index contributed by atoms with van der Waals surface area (Å²) in [5.74, 6) is 0.837. The first kappa shape index (κ1) is 21.3. The fourth-order valence-corrected chi connectivity index (χ4v) is 2.81. The first-order valence-corrected chi connectivity index (χ1v) is 9.07. The molecule has 2 amide bonds. The molecule has 2 rings (SSSR count). The van der Waals surface area contributed by atoms with Crippen LogP contribution in [0.15, 0.2) is 30.3 Å². The van der Waals surface area contributed by atoms with Gasteiger partial charge in [-0.15, -0.1) is 0 Å². The van der Waals surface area contributed by atoms with Crippen LogP contribution in [0.5, 0.6) is 11.5 Å². The normalized spacial score (nSPS) is 10.4. The van der Waals surface area contributed by atoms with Crippen molar-refractivity contribution in [2.75, 3.05) is 27.8 Å². The minimum absolute atomic E-state index is 0.0609. The minimum Gasteiger partial charge on any atom is -0.493 e. The molecule has 2 aromatic carbocycles. The maximum atomic E-state index is 12.4. The molecule has 0 aliphatic carbocycles. The number of ether oxygens (including phenoxy) is 2. The molecule has 6 nitrogen and oxygen atoms in total. The molecule has 6 heteroatoms. The molecular weight excluding hydrogens is 356 g/mol. The number of likely N-dealkylation sites (N-methyl/N-ethyl adjacent to an activating group) is 1. The van der Waals surface area contributed by atoms with Crippen LogP contribution >= 0.6 is 0 Å². The summed E-state index contributed by atoms with van der Waals surface area (Å²) in [6, 6.07) is 9.24. The minimum atomic E-state index is -0.257.